The highest BCUT2D eigenvalue weighted by Crippen LogP contribution is 2.43. The number of hydrogen-bond acceptors (Lipinski definition) is 2. The second-order valence-electron chi connectivity index (χ2n) is 5.59. The zero-order valence-corrected chi connectivity index (χ0v) is 12.6. The minimum absolute atomic E-state index is 0.127. The van der Waals surface area contributed by atoms with E-state index in [0.717, 1.165) is 36.2 Å². The summed E-state index contributed by atoms with van der Waals surface area (Å²) in [6.07, 6.45) is 3.87. The Morgan fingerprint density at radius 1 is 1.26 bits per heavy atom. The second kappa shape index (κ2) is 5.90. The summed E-state index contributed by atoms with van der Waals surface area (Å²) in [6, 6.07) is 5.47. The van der Waals surface area contributed by atoms with Gasteiger partial charge in [0.2, 0.25) is 0 Å². The van der Waals surface area contributed by atoms with Crippen molar-refractivity contribution in [2.45, 2.75) is 25.3 Å². The van der Waals surface area contributed by atoms with Gasteiger partial charge < -0.3 is 5.32 Å². The second-order valence-corrected chi connectivity index (χ2v) is 6.44. The Bertz CT molecular complexity index is 442. The van der Waals surface area contributed by atoms with E-state index < -0.39 is 0 Å². The van der Waals surface area contributed by atoms with Crippen LogP contribution in [-0.2, 0) is 0 Å². The lowest BCUT2D eigenvalue weighted by Gasteiger charge is -2.43. The van der Waals surface area contributed by atoms with Crippen molar-refractivity contribution in [3.05, 3.63) is 34.1 Å². The Balaban J connectivity index is 1.90. The molecule has 0 bridgehead atoms. The first-order chi connectivity index (χ1) is 9.25. The fourth-order valence-corrected chi connectivity index (χ4v) is 3.69. The standard InChI is InChI=1S/C15H20BrFN2/c16-14-5-4-12(17)10-13(14)15(11-2-1-3-11)19-8-6-18-7-9-19/h4-5,10-11,15,18H,1-3,6-9H2/t15-/m0/s1. The van der Waals surface area contributed by atoms with Crippen LogP contribution >= 0.6 is 15.9 Å². The molecule has 0 amide bonds. The van der Waals surface area contributed by atoms with Gasteiger partial charge in [0.1, 0.15) is 5.82 Å². The average molecular weight is 327 g/mol. The number of nitrogens with one attached hydrogen (secondary N) is 1. The third kappa shape index (κ3) is 2.86. The van der Waals surface area contributed by atoms with E-state index in [2.05, 4.69) is 26.1 Å². The van der Waals surface area contributed by atoms with Crippen molar-refractivity contribution in [1.29, 1.82) is 0 Å². The fourth-order valence-electron chi connectivity index (χ4n) is 3.21. The summed E-state index contributed by atoms with van der Waals surface area (Å²) in [5.74, 6) is 0.564. The Kier molecular flexibility index (Phi) is 4.20. The molecule has 2 fully saturated rings. The first kappa shape index (κ1) is 13.5. The molecule has 1 atom stereocenters. The normalized spacial score (nSPS) is 23.1. The van der Waals surface area contributed by atoms with Crippen molar-refractivity contribution in [2.24, 2.45) is 5.92 Å². The summed E-state index contributed by atoms with van der Waals surface area (Å²) in [5, 5.41) is 3.39. The number of piperazine rings is 1. The van der Waals surface area contributed by atoms with Gasteiger partial charge in [0, 0.05) is 36.7 Å². The first-order valence-electron chi connectivity index (χ1n) is 7.15. The number of hydrogen-bond donors (Lipinski definition) is 1. The van der Waals surface area contributed by atoms with Crippen LogP contribution in [0, 0.1) is 11.7 Å². The van der Waals surface area contributed by atoms with Crippen molar-refractivity contribution in [3.63, 3.8) is 0 Å². The van der Waals surface area contributed by atoms with Crippen molar-refractivity contribution in [3.8, 4) is 0 Å². The first-order valence-corrected chi connectivity index (χ1v) is 7.95. The van der Waals surface area contributed by atoms with Crippen molar-refractivity contribution in [2.75, 3.05) is 26.2 Å². The maximum absolute atomic E-state index is 13.6. The van der Waals surface area contributed by atoms with Gasteiger partial charge in [-0.2, -0.15) is 0 Å². The Hall–Kier alpha value is -0.450. The highest BCUT2D eigenvalue weighted by Gasteiger charge is 2.34. The number of halogens is 2. The lowest BCUT2D eigenvalue weighted by Crippen LogP contribution is -2.48. The third-order valence-corrected chi connectivity index (χ3v) is 5.14. The van der Waals surface area contributed by atoms with E-state index in [1.54, 1.807) is 6.07 Å². The van der Waals surface area contributed by atoms with E-state index in [1.807, 2.05) is 6.07 Å². The molecule has 104 valence electrons. The van der Waals surface area contributed by atoms with E-state index in [-0.39, 0.29) is 5.82 Å². The predicted octanol–water partition coefficient (Wildman–Crippen LogP) is 3.33. The molecule has 19 heavy (non-hydrogen) atoms. The molecular weight excluding hydrogens is 307 g/mol. The lowest BCUT2D eigenvalue weighted by molar-refractivity contribution is 0.0830. The quantitative estimate of drug-likeness (QED) is 0.916. The maximum atomic E-state index is 13.6. The van der Waals surface area contributed by atoms with Gasteiger partial charge in [-0.25, -0.2) is 4.39 Å². The van der Waals surface area contributed by atoms with Gasteiger partial charge in [-0.05, 0) is 42.5 Å². The van der Waals surface area contributed by atoms with Gasteiger partial charge in [-0.3, -0.25) is 4.90 Å². The van der Waals surface area contributed by atoms with Crippen LogP contribution in [0.15, 0.2) is 22.7 Å². The molecule has 0 unspecified atom stereocenters. The molecule has 1 heterocycles. The molecule has 2 nitrogen and oxygen atoms in total. The summed E-state index contributed by atoms with van der Waals surface area (Å²) in [6.45, 7) is 4.19. The Morgan fingerprint density at radius 3 is 2.63 bits per heavy atom. The summed E-state index contributed by atoms with van der Waals surface area (Å²) in [4.78, 5) is 2.53. The molecule has 1 N–H and O–H groups in total. The topological polar surface area (TPSA) is 15.3 Å². The van der Waals surface area contributed by atoms with Gasteiger partial charge in [0.25, 0.3) is 0 Å². The lowest BCUT2D eigenvalue weighted by atomic mass is 9.76. The van der Waals surface area contributed by atoms with E-state index in [9.17, 15) is 4.39 Å². The van der Waals surface area contributed by atoms with Crippen LogP contribution < -0.4 is 5.32 Å². The van der Waals surface area contributed by atoms with Crippen LogP contribution in [0.1, 0.15) is 30.9 Å². The summed E-state index contributed by atoms with van der Waals surface area (Å²) >= 11 is 3.61. The number of rotatable bonds is 3. The van der Waals surface area contributed by atoms with E-state index in [4.69, 9.17) is 0 Å². The molecule has 0 aromatic heterocycles. The fraction of sp³-hybridized carbons (Fsp3) is 0.600. The van der Waals surface area contributed by atoms with Crippen molar-refractivity contribution < 1.29 is 4.39 Å². The monoisotopic (exact) mass is 326 g/mol. The minimum atomic E-state index is -0.127. The van der Waals surface area contributed by atoms with E-state index in [1.165, 1.54) is 25.3 Å². The molecule has 1 aliphatic carbocycles. The SMILES string of the molecule is Fc1ccc(Br)c([C@H](C2CCC2)N2CCNCC2)c1. The van der Waals surface area contributed by atoms with Crippen LogP contribution in [0.25, 0.3) is 0 Å². The molecule has 1 saturated carbocycles. The summed E-state index contributed by atoms with van der Waals surface area (Å²) < 4.78 is 14.7. The van der Waals surface area contributed by atoms with Gasteiger partial charge in [-0.1, -0.05) is 22.4 Å². The van der Waals surface area contributed by atoms with Crippen LogP contribution in [-0.4, -0.2) is 31.1 Å². The third-order valence-electron chi connectivity index (χ3n) is 4.42. The zero-order valence-electron chi connectivity index (χ0n) is 11.0. The van der Waals surface area contributed by atoms with E-state index in [0.29, 0.717) is 12.0 Å². The number of nitrogens with zero attached hydrogens (tertiary/aromatic N) is 1. The van der Waals surface area contributed by atoms with Gasteiger partial charge in [-0.15, -0.1) is 0 Å². The minimum Gasteiger partial charge on any atom is -0.314 e. The molecule has 1 saturated heterocycles. The molecule has 1 aromatic rings. The molecule has 2 aliphatic rings. The van der Waals surface area contributed by atoms with E-state index >= 15 is 0 Å². The number of benzene rings is 1. The van der Waals surface area contributed by atoms with Gasteiger partial charge in [0.15, 0.2) is 0 Å². The predicted molar refractivity (Wildman–Crippen MR) is 78.6 cm³/mol. The summed E-state index contributed by atoms with van der Waals surface area (Å²) in [5.41, 5.74) is 1.13. The highest BCUT2D eigenvalue weighted by atomic mass is 79.9. The molecular formula is C15H20BrFN2. The van der Waals surface area contributed by atoms with Crippen LogP contribution in [0.4, 0.5) is 4.39 Å². The van der Waals surface area contributed by atoms with Crippen LogP contribution in [0.5, 0.6) is 0 Å². The average Bonchev–Trinajstić information content (AvgIpc) is 2.38. The molecule has 1 aliphatic heterocycles. The molecule has 4 heteroatoms. The van der Waals surface area contributed by atoms with Gasteiger partial charge >= 0.3 is 0 Å². The molecule has 1 aromatic carbocycles. The molecule has 0 radical (unpaired) electrons. The van der Waals surface area contributed by atoms with Crippen LogP contribution in [0.2, 0.25) is 0 Å². The summed E-state index contributed by atoms with van der Waals surface area (Å²) in [7, 11) is 0. The largest absolute Gasteiger partial charge is 0.314 e. The van der Waals surface area contributed by atoms with Gasteiger partial charge in [0.05, 0.1) is 0 Å². The van der Waals surface area contributed by atoms with Crippen molar-refractivity contribution >= 4 is 15.9 Å². The molecule has 0 spiro atoms. The maximum Gasteiger partial charge on any atom is 0.123 e. The Labute approximate surface area is 122 Å². The highest BCUT2D eigenvalue weighted by molar-refractivity contribution is 9.10. The van der Waals surface area contributed by atoms with Crippen molar-refractivity contribution in [1.82, 2.24) is 10.2 Å². The smallest absolute Gasteiger partial charge is 0.123 e. The Morgan fingerprint density at radius 2 is 2.00 bits per heavy atom. The zero-order chi connectivity index (χ0) is 13.2. The van der Waals surface area contributed by atoms with Crippen LogP contribution in [0.3, 0.4) is 0 Å². The molecule has 3 rings (SSSR count).